The molecule has 2 aromatic carbocycles. The van der Waals surface area contributed by atoms with Crippen molar-refractivity contribution in [2.75, 3.05) is 18.5 Å². The van der Waals surface area contributed by atoms with Crippen LogP contribution < -0.4 is 10.1 Å². The second kappa shape index (κ2) is 10.4. The number of hydrogen-bond donors (Lipinski definition) is 1. The largest absolute Gasteiger partial charge is 0.563 e. The molecule has 175 valence electrons. The quantitative estimate of drug-likeness (QED) is 0.306. The lowest BCUT2D eigenvalue weighted by atomic mass is 10.2. The predicted molar refractivity (Wildman–Crippen MR) is 132 cm³/mol. The molecule has 1 aliphatic rings. The van der Waals surface area contributed by atoms with E-state index in [-0.39, 0.29) is 23.9 Å². The zero-order chi connectivity index (χ0) is 23.4. The Morgan fingerprint density at radius 2 is 1.78 bits per heavy atom. The van der Waals surface area contributed by atoms with E-state index in [0.29, 0.717) is 24.7 Å². The molecule has 8 heteroatoms. The molecule has 0 aliphatic carbocycles. The number of halogens is 1. The summed E-state index contributed by atoms with van der Waals surface area (Å²) in [5, 5.41) is 2.92. The third-order valence-electron chi connectivity index (χ3n) is 5.90. The minimum atomic E-state index is -1.80. The van der Waals surface area contributed by atoms with Crippen molar-refractivity contribution in [3.05, 3.63) is 58.6 Å². The number of rotatable bonds is 9. The number of carbonyl (C=O) groups is 1. The molecule has 0 radical (unpaired) electrons. The van der Waals surface area contributed by atoms with Gasteiger partial charge < -0.3 is 18.6 Å². The highest BCUT2D eigenvalue weighted by Gasteiger charge is 2.40. The van der Waals surface area contributed by atoms with Gasteiger partial charge in [0.25, 0.3) is 0 Å². The molecule has 2 aromatic rings. The van der Waals surface area contributed by atoms with E-state index in [1.54, 1.807) is 6.07 Å². The SMILES string of the molecule is CC(C)(C)[Si-](C)(C)OCC1OC1COc1cc(Br)ccc1NC(=O)OCc1ccccc1. The van der Waals surface area contributed by atoms with E-state index in [1.807, 2.05) is 42.5 Å². The Morgan fingerprint density at radius 3 is 2.47 bits per heavy atom. The summed E-state index contributed by atoms with van der Waals surface area (Å²) in [7, 11) is -1.80. The monoisotopic (exact) mass is 521 g/mol. The van der Waals surface area contributed by atoms with Gasteiger partial charge in [0.05, 0.1) is 5.69 Å². The number of epoxide rings is 1. The topological polar surface area (TPSA) is 69.3 Å². The Labute approximate surface area is 199 Å². The Kier molecular flexibility index (Phi) is 8.03. The molecule has 32 heavy (non-hydrogen) atoms. The molecule has 1 N–H and O–H groups in total. The fourth-order valence-electron chi connectivity index (χ4n) is 2.74. The van der Waals surface area contributed by atoms with E-state index in [4.69, 9.17) is 18.6 Å². The fourth-order valence-corrected chi connectivity index (χ4v) is 4.09. The second-order valence-corrected chi connectivity index (χ2v) is 15.1. The van der Waals surface area contributed by atoms with Crippen molar-refractivity contribution in [3.8, 4) is 5.75 Å². The summed E-state index contributed by atoms with van der Waals surface area (Å²) in [5.74, 6) is 0.551. The summed E-state index contributed by atoms with van der Waals surface area (Å²) < 4.78 is 24.1. The third-order valence-corrected chi connectivity index (χ3v) is 10.9. The lowest BCUT2D eigenvalue weighted by molar-refractivity contribution is 0.155. The number of benzene rings is 2. The minimum absolute atomic E-state index is 0.0170. The number of anilines is 1. The Hall–Kier alpha value is -1.87. The van der Waals surface area contributed by atoms with Gasteiger partial charge in [0.2, 0.25) is 0 Å². The van der Waals surface area contributed by atoms with Gasteiger partial charge in [0.15, 0.2) is 0 Å². The van der Waals surface area contributed by atoms with Crippen LogP contribution in [-0.4, -0.2) is 39.8 Å². The summed E-state index contributed by atoms with van der Waals surface area (Å²) in [6.07, 6.45) is -0.510. The highest BCUT2D eigenvalue weighted by Crippen LogP contribution is 2.38. The van der Waals surface area contributed by atoms with Crippen molar-refractivity contribution in [1.29, 1.82) is 0 Å². The summed E-state index contributed by atoms with van der Waals surface area (Å²) in [6.45, 7) is 12.3. The predicted octanol–water partition coefficient (Wildman–Crippen LogP) is 6.37. The van der Waals surface area contributed by atoms with Gasteiger partial charge in [0, 0.05) is 11.1 Å². The van der Waals surface area contributed by atoms with Crippen LogP contribution >= 0.6 is 15.9 Å². The van der Waals surface area contributed by atoms with Crippen molar-refractivity contribution < 1.29 is 23.4 Å². The normalized spacial score (nSPS) is 18.2. The average molecular weight is 523 g/mol. The van der Waals surface area contributed by atoms with Gasteiger partial charge in [-0.25, -0.2) is 4.79 Å². The molecular weight excluding hydrogens is 490 g/mol. The molecule has 2 unspecified atom stereocenters. The summed E-state index contributed by atoms with van der Waals surface area (Å²) in [6, 6.07) is 15.0. The minimum Gasteiger partial charge on any atom is -0.563 e. The second-order valence-electron chi connectivity index (χ2n) is 9.42. The van der Waals surface area contributed by atoms with E-state index >= 15 is 0 Å². The maximum atomic E-state index is 12.2. The van der Waals surface area contributed by atoms with Gasteiger partial charge >= 0.3 is 6.09 Å². The molecular formula is C24H32BrNO5Si-. The lowest BCUT2D eigenvalue weighted by Gasteiger charge is -2.48. The van der Waals surface area contributed by atoms with E-state index < -0.39 is 14.4 Å². The van der Waals surface area contributed by atoms with Crippen LogP contribution in [-0.2, 0) is 20.5 Å². The zero-order valence-corrected chi connectivity index (χ0v) is 21.9. The molecule has 1 fully saturated rings. The standard InChI is InChI=1S/C24H32BrNO5Si/c1-24(2,3)32(4,5)30-16-22-21(31-22)15-28-20-13-18(25)11-12-19(20)26-23(27)29-14-17-9-7-6-8-10-17/h6-13,21-22H,14-16H2,1-5H3,(H,26,27)/q-1. The zero-order valence-electron chi connectivity index (χ0n) is 19.3. The maximum Gasteiger partial charge on any atom is 0.412 e. The average Bonchev–Trinajstić information content (AvgIpc) is 3.49. The van der Waals surface area contributed by atoms with Crippen LogP contribution in [0.25, 0.3) is 0 Å². The first-order chi connectivity index (χ1) is 15.0. The van der Waals surface area contributed by atoms with Crippen LogP contribution in [0.1, 0.15) is 26.3 Å². The van der Waals surface area contributed by atoms with Crippen LogP contribution in [0.3, 0.4) is 0 Å². The summed E-state index contributed by atoms with van der Waals surface area (Å²) >= 11 is 3.45. The number of amides is 1. The first kappa shape index (κ1) is 24.8. The third kappa shape index (κ3) is 7.06. The molecule has 2 atom stereocenters. The lowest BCUT2D eigenvalue weighted by Crippen LogP contribution is -2.41. The van der Waals surface area contributed by atoms with Crippen LogP contribution in [0, 0.1) is 0 Å². The molecule has 0 bridgehead atoms. The number of hydrogen-bond acceptors (Lipinski definition) is 5. The molecule has 3 rings (SSSR count). The maximum absolute atomic E-state index is 12.2. The van der Waals surface area contributed by atoms with E-state index in [2.05, 4.69) is 55.1 Å². The van der Waals surface area contributed by atoms with Crippen LogP contribution in [0.5, 0.6) is 5.75 Å². The number of nitrogens with one attached hydrogen (secondary N) is 1. The molecule has 1 amide bonds. The fraction of sp³-hybridized carbons (Fsp3) is 0.458. The van der Waals surface area contributed by atoms with Crippen LogP contribution in [0.15, 0.2) is 53.0 Å². The molecule has 6 nitrogen and oxygen atoms in total. The first-order valence-electron chi connectivity index (χ1n) is 10.7. The molecule has 1 aliphatic heterocycles. The molecule has 0 saturated carbocycles. The molecule has 1 saturated heterocycles. The van der Waals surface area contributed by atoms with Crippen molar-refractivity contribution in [1.82, 2.24) is 0 Å². The van der Waals surface area contributed by atoms with Gasteiger partial charge in [-0.05, 0) is 32.1 Å². The summed E-state index contributed by atoms with van der Waals surface area (Å²) in [5.41, 5.74) is 1.47. The van der Waals surface area contributed by atoms with Gasteiger partial charge in [-0.15, -0.1) is 18.1 Å². The van der Waals surface area contributed by atoms with Crippen molar-refractivity contribution in [3.63, 3.8) is 0 Å². The van der Waals surface area contributed by atoms with Gasteiger partial charge in [0.1, 0.15) is 31.2 Å². The van der Waals surface area contributed by atoms with E-state index in [0.717, 1.165) is 10.0 Å². The van der Waals surface area contributed by atoms with Gasteiger partial charge in [-0.2, -0.15) is 0 Å². The Morgan fingerprint density at radius 1 is 1.09 bits per heavy atom. The van der Waals surface area contributed by atoms with E-state index in [1.165, 1.54) is 0 Å². The van der Waals surface area contributed by atoms with Crippen molar-refractivity contribution in [2.45, 2.75) is 57.7 Å². The van der Waals surface area contributed by atoms with Crippen molar-refractivity contribution in [2.24, 2.45) is 0 Å². The van der Waals surface area contributed by atoms with Gasteiger partial charge in [-0.3, -0.25) is 5.32 Å². The smallest absolute Gasteiger partial charge is 0.412 e. The molecule has 0 aromatic heterocycles. The highest BCUT2D eigenvalue weighted by atomic mass is 79.9. The van der Waals surface area contributed by atoms with Gasteiger partial charge in [-0.1, -0.05) is 67.0 Å². The number of ether oxygens (including phenoxy) is 3. The Balaban J connectivity index is 1.49. The van der Waals surface area contributed by atoms with Crippen LogP contribution in [0.4, 0.5) is 10.5 Å². The van der Waals surface area contributed by atoms with E-state index in [9.17, 15) is 4.79 Å². The molecule has 0 spiro atoms. The molecule has 1 heterocycles. The Bertz CT molecular complexity index is 916. The first-order valence-corrected chi connectivity index (χ1v) is 14.4. The highest BCUT2D eigenvalue weighted by molar-refractivity contribution is 9.10. The summed E-state index contributed by atoms with van der Waals surface area (Å²) in [4.78, 5) is 12.2. The van der Waals surface area contributed by atoms with Crippen molar-refractivity contribution >= 4 is 36.0 Å². The number of carbonyl (C=O) groups excluding carboxylic acids is 1. The van der Waals surface area contributed by atoms with Crippen LogP contribution in [0.2, 0.25) is 18.1 Å².